The Labute approximate surface area is 173 Å². The van der Waals surface area contributed by atoms with E-state index in [1.54, 1.807) is 24.3 Å². The number of nitrogens with one attached hydrogen (secondary N) is 2. The summed E-state index contributed by atoms with van der Waals surface area (Å²) >= 11 is 3.39. The van der Waals surface area contributed by atoms with Crippen molar-refractivity contribution in [2.24, 2.45) is 0 Å². The van der Waals surface area contributed by atoms with Crippen molar-refractivity contribution in [2.45, 2.75) is 38.3 Å². The van der Waals surface area contributed by atoms with E-state index in [2.05, 4.69) is 26.0 Å². The minimum Gasteiger partial charge on any atom is -0.491 e. The molecule has 1 aliphatic rings. The molecule has 6 nitrogen and oxygen atoms in total. The van der Waals surface area contributed by atoms with Crippen molar-refractivity contribution in [1.29, 1.82) is 0 Å². The number of carbonyl (C=O) groups excluding carboxylic acids is 1. The zero-order valence-corrected chi connectivity index (χ0v) is 18.1. The summed E-state index contributed by atoms with van der Waals surface area (Å²) < 4.78 is 33.6. The van der Waals surface area contributed by atoms with Crippen LogP contribution >= 0.6 is 15.9 Å². The normalized spacial score (nSPS) is 15.1. The van der Waals surface area contributed by atoms with E-state index in [1.165, 1.54) is 0 Å². The van der Waals surface area contributed by atoms with Gasteiger partial charge in [-0.05, 0) is 68.7 Å². The lowest BCUT2D eigenvalue weighted by atomic mass is 10.1. The summed E-state index contributed by atoms with van der Waals surface area (Å²) in [5, 5.41) is 2.88. The predicted molar refractivity (Wildman–Crippen MR) is 113 cm³/mol. The molecule has 1 amide bonds. The number of benzene rings is 2. The summed E-state index contributed by atoms with van der Waals surface area (Å²) in [5.41, 5.74) is 0.913. The third-order valence-electron chi connectivity index (χ3n) is 4.35. The van der Waals surface area contributed by atoms with Crippen molar-refractivity contribution in [1.82, 2.24) is 5.32 Å². The smallest absolute Gasteiger partial charge is 0.241 e. The zero-order valence-electron chi connectivity index (χ0n) is 15.7. The molecule has 3 rings (SSSR count). The molecule has 1 fully saturated rings. The molecule has 2 aromatic rings. The molecule has 0 atom stereocenters. The van der Waals surface area contributed by atoms with Gasteiger partial charge in [-0.3, -0.25) is 9.52 Å². The molecule has 1 aliphatic carbocycles. The van der Waals surface area contributed by atoms with E-state index in [4.69, 9.17) is 4.74 Å². The van der Waals surface area contributed by atoms with Crippen molar-refractivity contribution < 1.29 is 17.9 Å². The first-order valence-corrected chi connectivity index (χ1v) is 11.5. The molecule has 150 valence electrons. The molecule has 0 unspecified atom stereocenters. The highest BCUT2D eigenvalue weighted by Crippen LogP contribution is 2.45. The second kappa shape index (κ2) is 8.13. The summed E-state index contributed by atoms with van der Waals surface area (Å²) in [5.74, 6) is -0.497. The maximum Gasteiger partial charge on any atom is 0.241 e. The summed E-state index contributed by atoms with van der Waals surface area (Å²) in [7, 11) is -3.81. The highest BCUT2D eigenvalue weighted by Gasteiger charge is 2.45. The first-order valence-electron chi connectivity index (χ1n) is 9.02. The highest BCUT2D eigenvalue weighted by molar-refractivity contribution is 9.10. The van der Waals surface area contributed by atoms with Gasteiger partial charge in [0.1, 0.15) is 11.5 Å². The number of hydrogen-bond acceptors (Lipinski definition) is 4. The minimum absolute atomic E-state index is 0.0340. The van der Waals surface area contributed by atoms with Gasteiger partial charge in [0.15, 0.2) is 0 Å². The Morgan fingerprint density at radius 1 is 1.11 bits per heavy atom. The monoisotopic (exact) mass is 466 g/mol. The maximum atomic E-state index is 12.4. The number of amides is 1. The van der Waals surface area contributed by atoms with Crippen LogP contribution in [0.25, 0.3) is 0 Å². The van der Waals surface area contributed by atoms with E-state index in [0.29, 0.717) is 11.4 Å². The molecule has 0 aliphatic heterocycles. The molecule has 0 radical (unpaired) electrons. The van der Waals surface area contributed by atoms with Crippen LogP contribution in [-0.2, 0) is 20.4 Å². The van der Waals surface area contributed by atoms with Gasteiger partial charge >= 0.3 is 0 Å². The lowest BCUT2D eigenvalue weighted by Crippen LogP contribution is -2.39. The van der Waals surface area contributed by atoms with E-state index in [1.807, 2.05) is 38.1 Å². The zero-order chi connectivity index (χ0) is 20.4. The van der Waals surface area contributed by atoms with E-state index >= 15 is 0 Å². The van der Waals surface area contributed by atoms with Crippen LogP contribution < -0.4 is 14.8 Å². The number of sulfonamides is 1. The Balaban J connectivity index is 1.59. The molecule has 1 saturated carbocycles. The molecule has 8 heteroatoms. The van der Waals surface area contributed by atoms with Crippen molar-refractivity contribution in [3.05, 3.63) is 58.6 Å². The van der Waals surface area contributed by atoms with Crippen LogP contribution in [0, 0.1) is 0 Å². The molecule has 28 heavy (non-hydrogen) atoms. The maximum absolute atomic E-state index is 12.4. The van der Waals surface area contributed by atoms with Crippen molar-refractivity contribution in [3.63, 3.8) is 0 Å². The van der Waals surface area contributed by atoms with Crippen LogP contribution in [0.5, 0.6) is 5.75 Å². The van der Waals surface area contributed by atoms with Crippen LogP contribution in [0.3, 0.4) is 0 Å². The summed E-state index contributed by atoms with van der Waals surface area (Å²) in [4.78, 5) is 12.4. The Morgan fingerprint density at radius 2 is 1.71 bits per heavy atom. The average Bonchev–Trinajstić information content (AvgIpc) is 3.36. The number of hydrogen-bond donors (Lipinski definition) is 2. The van der Waals surface area contributed by atoms with Crippen molar-refractivity contribution in [3.8, 4) is 5.75 Å². The Kier molecular flexibility index (Phi) is 6.00. The van der Waals surface area contributed by atoms with Gasteiger partial charge in [-0.15, -0.1) is 0 Å². The van der Waals surface area contributed by atoms with Crippen LogP contribution in [-0.4, -0.2) is 26.2 Å². The van der Waals surface area contributed by atoms with Gasteiger partial charge in [-0.2, -0.15) is 0 Å². The fourth-order valence-electron chi connectivity index (χ4n) is 2.94. The van der Waals surface area contributed by atoms with Gasteiger partial charge in [-0.25, -0.2) is 8.42 Å². The highest BCUT2D eigenvalue weighted by atomic mass is 79.9. The SMILES string of the molecule is CC(C)Oc1ccc(NS(=O)(=O)CC(=O)NC2(c3ccc(Br)cc3)CC2)cc1. The Hall–Kier alpha value is -2.06. The topological polar surface area (TPSA) is 84.5 Å². The molecule has 0 saturated heterocycles. The van der Waals surface area contributed by atoms with Crippen LogP contribution in [0.15, 0.2) is 53.0 Å². The molecular formula is C20H23BrN2O4S. The van der Waals surface area contributed by atoms with Gasteiger partial charge < -0.3 is 10.1 Å². The standard InChI is InChI=1S/C20H23BrN2O4S/c1-14(2)27-18-9-7-17(8-10-18)23-28(25,26)13-19(24)22-20(11-12-20)15-3-5-16(21)6-4-15/h3-10,14,23H,11-13H2,1-2H3,(H,22,24). The van der Waals surface area contributed by atoms with Gasteiger partial charge in [0, 0.05) is 10.2 Å². The third kappa shape index (κ3) is 5.48. The number of ether oxygens (including phenoxy) is 1. The quantitative estimate of drug-likeness (QED) is 0.619. The van der Waals surface area contributed by atoms with Gasteiger partial charge in [-0.1, -0.05) is 28.1 Å². The first-order chi connectivity index (χ1) is 13.2. The van der Waals surface area contributed by atoms with E-state index in [-0.39, 0.29) is 6.10 Å². The van der Waals surface area contributed by atoms with Crippen LogP contribution in [0.2, 0.25) is 0 Å². The van der Waals surface area contributed by atoms with Crippen LogP contribution in [0.1, 0.15) is 32.3 Å². The molecule has 2 N–H and O–H groups in total. The fourth-order valence-corrected chi connectivity index (χ4v) is 4.19. The first kappa shape index (κ1) is 20.7. The second-order valence-electron chi connectivity index (χ2n) is 7.19. The molecule has 0 heterocycles. The Bertz CT molecular complexity index is 937. The average molecular weight is 467 g/mol. The van der Waals surface area contributed by atoms with Gasteiger partial charge in [0.25, 0.3) is 0 Å². The van der Waals surface area contributed by atoms with Crippen molar-refractivity contribution in [2.75, 3.05) is 10.5 Å². The number of anilines is 1. The number of carbonyl (C=O) groups is 1. The van der Waals surface area contributed by atoms with Gasteiger partial charge in [0.05, 0.1) is 11.6 Å². The largest absolute Gasteiger partial charge is 0.491 e. The minimum atomic E-state index is -3.81. The molecule has 0 spiro atoms. The number of rotatable bonds is 8. The molecule has 0 bridgehead atoms. The lowest BCUT2D eigenvalue weighted by Gasteiger charge is -2.18. The van der Waals surface area contributed by atoms with Gasteiger partial charge in [0.2, 0.25) is 15.9 Å². The fraction of sp³-hybridized carbons (Fsp3) is 0.350. The summed E-state index contributed by atoms with van der Waals surface area (Å²) in [6.45, 7) is 3.83. The lowest BCUT2D eigenvalue weighted by molar-refractivity contribution is -0.119. The van der Waals surface area contributed by atoms with Crippen LogP contribution in [0.4, 0.5) is 5.69 Å². The molecular weight excluding hydrogens is 444 g/mol. The van der Waals surface area contributed by atoms with E-state index in [9.17, 15) is 13.2 Å². The summed E-state index contributed by atoms with van der Waals surface area (Å²) in [6, 6.07) is 14.3. The molecule has 0 aromatic heterocycles. The third-order valence-corrected chi connectivity index (χ3v) is 6.06. The van der Waals surface area contributed by atoms with E-state index in [0.717, 1.165) is 22.9 Å². The van der Waals surface area contributed by atoms with E-state index < -0.39 is 27.2 Å². The molecule has 2 aromatic carbocycles. The van der Waals surface area contributed by atoms with Crippen molar-refractivity contribution >= 4 is 37.5 Å². The second-order valence-corrected chi connectivity index (χ2v) is 9.83. The Morgan fingerprint density at radius 3 is 2.25 bits per heavy atom. The number of halogens is 1. The predicted octanol–water partition coefficient (Wildman–Crippen LogP) is 3.78. The summed E-state index contributed by atoms with van der Waals surface area (Å²) in [6.07, 6.45) is 1.63.